The number of amides is 1. The van der Waals surface area contributed by atoms with E-state index in [1.54, 1.807) is 0 Å². The molecule has 3 nitrogen and oxygen atoms in total. The van der Waals surface area contributed by atoms with Crippen molar-refractivity contribution in [1.29, 1.82) is 0 Å². The Kier molecular flexibility index (Phi) is 3.90. The molecule has 72 valence electrons. The number of nitrogens with one attached hydrogen (secondary N) is 1. The van der Waals surface area contributed by atoms with Crippen LogP contribution >= 0.6 is 27.3 Å². The van der Waals surface area contributed by atoms with Crippen LogP contribution in [0, 0.1) is 0 Å². The van der Waals surface area contributed by atoms with Gasteiger partial charge < -0.3 is 10.4 Å². The van der Waals surface area contributed by atoms with Gasteiger partial charge in [-0.1, -0.05) is 0 Å². The van der Waals surface area contributed by atoms with Gasteiger partial charge in [0.25, 0.3) is 0 Å². The highest BCUT2D eigenvalue weighted by atomic mass is 79.9. The molecule has 1 heterocycles. The molecule has 1 aromatic rings. The molecule has 2 N–H and O–H groups in total. The van der Waals surface area contributed by atoms with E-state index in [9.17, 15) is 4.79 Å². The number of carbonyl (C=O) groups is 1. The van der Waals surface area contributed by atoms with Crippen LogP contribution in [0.1, 0.15) is 17.8 Å². The molecule has 1 aromatic heterocycles. The second-order valence-corrected chi connectivity index (χ2v) is 4.46. The SMILES string of the molecule is CC(=O)NC(CO)c1cc(Br)cs1. The minimum atomic E-state index is -0.284. The first-order valence-corrected chi connectivity index (χ1v) is 5.42. The third-order valence-electron chi connectivity index (χ3n) is 1.49. The van der Waals surface area contributed by atoms with E-state index in [1.807, 2.05) is 11.4 Å². The lowest BCUT2D eigenvalue weighted by atomic mass is 10.2. The molecule has 0 aliphatic heterocycles. The second-order valence-electron chi connectivity index (χ2n) is 2.60. The second kappa shape index (κ2) is 4.74. The van der Waals surface area contributed by atoms with Gasteiger partial charge in [-0.15, -0.1) is 11.3 Å². The van der Waals surface area contributed by atoms with Gasteiger partial charge in [-0.2, -0.15) is 0 Å². The zero-order valence-electron chi connectivity index (χ0n) is 7.08. The Hall–Kier alpha value is -0.390. The Morgan fingerprint density at radius 2 is 2.54 bits per heavy atom. The van der Waals surface area contributed by atoms with Gasteiger partial charge in [-0.3, -0.25) is 4.79 Å². The highest BCUT2D eigenvalue weighted by Gasteiger charge is 2.12. The molecule has 1 amide bonds. The van der Waals surface area contributed by atoms with Gasteiger partial charge in [0, 0.05) is 21.7 Å². The fourth-order valence-electron chi connectivity index (χ4n) is 0.963. The minimum Gasteiger partial charge on any atom is -0.394 e. The number of hydrogen-bond donors (Lipinski definition) is 2. The van der Waals surface area contributed by atoms with Gasteiger partial charge in [-0.05, 0) is 22.0 Å². The summed E-state index contributed by atoms with van der Waals surface area (Å²) in [6.07, 6.45) is 0. The number of aliphatic hydroxyl groups is 1. The van der Waals surface area contributed by atoms with E-state index >= 15 is 0 Å². The summed E-state index contributed by atoms with van der Waals surface area (Å²) in [5.41, 5.74) is 0. The van der Waals surface area contributed by atoms with Crippen molar-refractivity contribution < 1.29 is 9.90 Å². The zero-order valence-corrected chi connectivity index (χ0v) is 9.48. The average Bonchev–Trinajstić information content (AvgIpc) is 2.47. The summed E-state index contributed by atoms with van der Waals surface area (Å²) in [5, 5.41) is 13.6. The van der Waals surface area contributed by atoms with Crippen LogP contribution in [0.2, 0.25) is 0 Å². The Morgan fingerprint density at radius 3 is 2.92 bits per heavy atom. The smallest absolute Gasteiger partial charge is 0.217 e. The summed E-state index contributed by atoms with van der Waals surface area (Å²) < 4.78 is 0.969. The van der Waals surface area contributed by atoms with Gasteiger partial charge in [-0.25, -0.2) is 0 Å². The fraction of sp³-hybridized carbons (Fsp3) is 0.375. The molecule has 0 radical (unpaired) electrons. The molecule has 13 heavy (non-hydrogen) atoms. The molecule has 1 atom stereocenters. The quantitative estimate of drug-likeness (QED) is 0.872. The normalized spacial score (nSPS) is 12.5. The maximum atomic E-state index is 10.8. The first-order valence-electron chi connectivity index (χ1n) is 3.75. The van der Waals surface area contributed by atoms with E-state index < -0.39 is 0 Å². The van der Waals surface area contributed by atoms with Gasteiger partial charge >= 0.3 is 0 Å². The van der Waals surface area contributed by atoms with Crippen LogP contribution in [0.15, 0.2) is 15.9 Å². The number of rotatable bonds is 3. The Labute approximate surface area is 88.9 Å². The lowest BCUT2D eigenvalue weighted by Crippen LogP contribution is -2.27. The topological polar surface area (TPSA) is 49.3 Å². The third-order valence-corrected chi connectivity index (χ3v) is 3.30. The number of hydrogen-bond acceptors (Lipinski definition) is 3. The monoisotopic (exact) mass is 263 g/mol. The van der Waals surface area contributed by atoms with Crippen molar-refractivity contribution in [3.63, 3.8) is 0 Å². The van der Waals surface area contributed by atoms with Gasteiger partial charge in [0.1, 0.15) is 0 Å². The third kappa shape index (κ3) is 3.10. The van der Waals surface area contributed by atoms with Crippen LogP contribution in [0.4, 0.5) is 0 Å². The summed E-state index contributed by atoms with van der Waals surface area (Å²) in [7, 11) is 0. The largest absolute Gasteiger partial charge is 0.394 e. The molecule has 1 rings (SSSR count). The van der Waals surface area contributed by atoms with E-state index in [1.165, 1.54) is 18.3 Å². The number of carbonyl (C=O) groups excluding carboxylic acids is 1. The standard InChI is InChI=1S/C8H10BrNO2S/c1-5(12)10-7(3-11)8-2-6(9)4-13-8/h2,4,7,11H,3H2,1H3,(H,10,12). The first kappa shape index (κ1) is 10.7. The van der Waals surface area contributed by atoms with E-state index in [2.05, 4.69) is 21.2 Å². The van der Waals surface area contributed by atoms with E-state index in [0.29, 0.717) is 0 Å². The fourth-order valence-corrected chi connectivity index (χ4v) is 2.45. The van der Waals surface area contributed by atoms with Crippen LogP contribution < -0.4 is 5.32 Å². The average molecular weight is 264 g/mol. The van der Waals surface area contributed by atoms with Gasteiger partial charge in [0.05, 0.1) is 12.6 Å². The molecule has 0 aliphatic carbocycles. The molecular formula is C8H10BrNO2S. The van der Waals surface area contributed by atoms with Crippen molar-refractivity contribution in [2.75, 3.05) is 6.61 Å². The molecule has 0 saturated heterocycles. The molecule has 0 fully saturated rings. The van der Waals surface area contributed by atoms with Crippen molar-refractivity contribution in [2.24, 2.45) is 0 Å². The van der Waals surface area contributed by atoms with Crippen molar-refractivity contribution in [3.05, 3.63) is 20.8 Å². The summed E-state index contributed by atoms with van der Waals surface area (Å²) in [4.78, 5) is 11.7. The predicted molar refractivity (Wildman–Crippen MR) is 55.7 cm³/mol. The van der Waals surface area contributed by atoms with E-state index in [-0.39, 0.29) is 18.6 Å². The van der Waals surface area contributed by atoms with Crippen LogP contribution in [-0.2, 0) is 4.79 Å². The summed E-state index contributed by atoms with van der Waals surface area (Å²) in [5.74, 6) is -0.136. The molecule has 0 aromatic carbocycles. The number of halogens is 1. The van der Waals surface area contributed by atoms with Crippen molar-refractivity contribution in [3.8, 4) is 0 Å². The Balaban J connectivity index is 2.72. The van der Waals surface area contributed by atoms with Crippen LogP contribution in [-0.4, -0.2) is 17.6 Å². The maximum absolute atomic E-state index is 10.8. The lowest BCUT2D eigenvalue weighted by molar-refractivity contribution is -0.120. The Bertz CT molecular complexity index is 300. The highest BCUT2D eigenvalue weighted by molar-refractivity contribution is 9.10. The van der Waals surface area contributed by atoms with Gasteiger partial charge in [0.2, 0.25) is 5.91 Å². The van der Waals surface area contributed by atoms with E-state index in [0.717, 1.165) is 9.35 Å². The molecule has 5 heteroatoms. The molecule has 1 unspecified atom stereocenters. The zero-order chi connectivity index (χ0) is 9.84. The number of thiophene rings is 1. The molecule has 0 saturated carbocycles. The lowest BCUT2D eigenvalue weighted by Gasteiger charge is -2.12. The molecular weight excluding hydrogens is 254 g/mol. The highest BCUT2D eigenvalue weighted by Crippen LogP contribution is 2.25. The van der Waals surface area contributed by atoms with Crippen LogP contribution in [0.3, 0.4) is 0 Å². The van der Waals surface area contributed by atoms with Gasteiger partial charge in [0.15, 0.2) is 0 Å². The summed E-state index contributed by atoms with van der Waals surface area (Å²) in [6.45, 7) is 1.36. The predicted octanol–water partition coefficient (Wildman–Crippen LogP) is 1.68. The molecule has 0 aliphatic rings. The Morgan fingerprint density at radius 1 is 1.85 bits per heavy atom. The van der Waals surface area contributed by atoms with Crippen molar-refractivity contribution in [1.82, 2.24) is 5.32 Å². The van der Waals surface area contributed by atoms with E-state index in [4.69, 9.17) is 5.11 Å². The maximum Gasteiger partial charge on any atom is 0.217 e. The number of aliphatic hydroxyl groups excluding tert-OH is 1. The summed E-state index contributed by atoms with van der Waals surface area (Å²) >= 11 is 4.81. The van der Waals surface area contributed by atoms with Crippen LogP contribution in [0.25, 0.3) is 0 Å². The first-order chi connectivity index (χ1) is 6.13. The summed E-state index contributed by atoms with van der Waals surface area (Å²) in [6, 6.07) is 1.61. The molecule has 0 bridgehead atoms. The van der Waals surface area contributed by atoms with Crippen LogP contribution in [0.5, 0.6) is 0 Å². The van der Waals surface area contributed by atoms with Crippen molar-refractivity contribution in [2.45, 2.75) is 13.0 Å². The molecule has 0 spiro atoms. The minimum absolute atomic E-state index is 0.0769. The van der Waals surface area contributed by atoms with Crippen molar-refractivity contribution >= 4 is 33.2 Å².